The highest BCUT2D eigenvalue weighted by Gasteiger charge is 2.83. The largest absolute Gasteiger partial charge is 0.294 e. The standard InChI is InChI=1S/C19H12Br2O2/c20-14-11-15(22)16-18(19(16,21)17(14)23,12-7-3-1-4-8-12)13-9-5-2-6-10-13/h1-11,16H/t16-,19-/m1/s1. The molecule has 2 aliphatic carbocycles. The van der Waals surface area contributed by atoms with Gasteiger partial charge in [-0.15, -0.1) is 0 Å². The molecule has 1 saturated carbocycles. The number of halogens is 2. The summed E-state index contributed by atoms with van der Waals surface area (Å²) in [6.07, 6.45) is 1.42. The van der Waals surface area contributed by atoms with E-state index in [9.17, 15) is 9.59 Å². The minimum atomic E-state index is -0.923. The molecule has 2 nitrogen and oxygen atoms in total. The number of fused-ring (bicyclic) bond motifs is 1. The van der Waals surface area contributed by atoms with E-state index >= 15 is 0 Å². The van der Waals surface area contributed by atoms with Crippen LogP contribution in [0.15, 0.2) is 71.2 Å². The van der Waals surface area contributed by atoms with Gasteiger partial charge in [-0.3, -0.25) is 9.59 Å². The lowest BCUT2D eigenvalue weighted by atomic mass is 9.83. The van der Waals surface area contributed by atoms with Crippen LogP contribution in [0.25, 0.3) is 0 Å². The number of Topliss-reactive ketones (excluding diaryl/α,β-unsaturated/α-hetero) is 1. The number of alkyl halides is 1. The average molecular weight is 432 g/mol. The summed E-state index contributed by atoms with van der Waals surface area (Å²) in [6, 6.07) is 19.6. The van der Waals surface area contributed by atoms with E-state index in [1.807, 2.05) is 60.7 Å². The lowest BCUT2D eigenvalue weighted by Crippen LogP contribution is -2.29. The van der Waals surface area contributed by atoms with Crippen LogP contribution in [0.2, 0.25) is 0 Å². The van der Waals surface area contributed by atoms with Crippen molar-refractivity contribution in [3.05, 3.63) is 82.3 Å². The Morgan fingerprint density at radius 2 is 1.30 bits per heavy atom. The maximum atomic E-state index is 12.9. The van der Waals surface area contributed by atoms with Gasteiger partial charge in [0.25, 0.3) is 0 Å². The molecule has 1 fully saturated rings. The molecule has 0 heterocycles. The van der Waals surface area contributed by atoms with E-state index in [1.54, 1.807) is 0 Å². The number of carbonyl (C=O) groups is 2. The summed E-state index contributed by atoms with van der Waals surface area (Å²) in [4.78, 5) is 25.6. The predicted octanol–water partition coefficient (Wildman–Crippen LogP) is 4.17. The average Bonchev–Trinajstić information content (AvgIpc) is 3.18. The molecule has 0 N–H and O–H groups in total. The van der Waals surface area contributed by atoms with Gasteiger partial charge >= 0.3 is 0 Å². The van der Waals surface area contributed by atoms with E-state index in [-0.39, 0.29) is 11.6 Å². The van der Waals surface area contributed by atoms with Gasteiger partial charge in [0.05, 0.1) is 15.8 Å². The Morgan fingerprint density at radius 3 is 1.78 bits per heavy atom. The van der Waals surface area contributed by atoms with Crippen LogP contribution in [0.5, 0.6) is 0 Å². The van der Waals surface area contributed by atoms with Crippen LogP contribution in [0, 0.1) is 5.92 Å². The molecular formula is C19H12Br2O2. The third-order valence-electron chi connectivity index (χ3n) is 4.88. The summed E-state index contributed by atoms with van der Waals surface area (Å²) in [5.41, 5.74) is 1.28. The Hall–Kier alpha value is -1.52. The van der Waals surface area contributed by atoms with Crippen molar-refractivity contribution in [1.82, 2.24) is 0 Å². The van der Waals surface area contributed by atoms with Crippen LogP contribution in [0.1, 0.15) is 11.1 Å². The summed E-state index contributed by atoms with van der Waals surface area (Å²) in [5, 5.41) is 0. The second-order valence-corrected chi connectivity index (χ2v) is 8.01. The molecule has 0 aromatic heterocycles. The monoisotopic (exact) mass is 430 g/mol. The van der Waals surface area contributed by atoms with Gasteiger partial charge in [-0.25, -0.2) is 0 Å². The van der Waals surface area contributed by atoms with Gasteiger partial charge in [0, 0.05) is 0 Å². The highest BCUT2D eigenvalue weighted by molar-refractivity contribution is 9.12. The van der Waals surface area contributed by atoms with Gasteiger partial charge in [-0.05, 0) is 33.1 Å². The van der Waals surface area contributed by atoms with Crippen molar-refractivity contribution >= 4 is 43.4 Å². The van der Waals surface area contributed by atoms with Gasteiger partial charge < -0.3 is 0 Å². The van der Waals surface area contributed by atoms with Crippen LogP contribution < -0.4 is 0 Å². The van der Waals surface area contributed by atoms with E-state index in [0.717, 1.165) is 11.1 Å². The highest BCUT2D eigenvalue weighted by Crippen LogP contribution is 2.74. The van der Waals surface area contributed by atoms with Gasteiger partial charge in [0.2, 0.25) is 0 Å². The van der Waals surface area contributed by atoms with Crippen molar-refractivity contribution < 1.29 is 9.59 Å². The van der Waals surface area contributed by atoms with Crippen LogP contribution in [-0.4, -0.2) is 15.9 Å². The second-order valence-electron chi connectivity index (χ2n) is 5.91. The Bertz CT molecular complexity index is 803. The van der Waals surface area contributed by atoms with Gasteiger partial charge in [-0.1, -0.05) is 76.6 Å². The zero-order valence-electron chi connectivity index (χ0n) is 12.0. The molecule has 2 aliphatic rings. The molecular weight excluding hydrogens is 420 g/mol. The minimum Gasteiger partial charge on any atom is -0.294 e. The van der Waals surface area contributed by atoms with Crippen molar-refractivity contribution in [3.8, 4) is 0 Å². The van der Waals surface area contributed by atoms with Crippen molar-refractivity contribution in [2.75, 3.05) is 0 Å². The fourth-order valence-electron chi connectivity index (χ4n) is 3.93. The molecule has 23 heavy (non-hydrogen) atoms. The highest BCUT2D eigenvalue weighted by atomic mass is 79.9. The SMILES string of the molecule is O=C1C=C(Br)C(=O)[C@]2(Br)[C@H]1C2(c1ccccc1)c1ccccc1. The first-order valence-corrected chi connectivity index (χ1v) is 8.89. The molecule has 0 unspecified atom stereocenters. The molecule has 0 radical (unpaired) electrons. The maximum Gasteiger partial charge on any atom is 0.188 e. The summed E-state index contributed by atoms with van der Waals surface area (Å²) >= 11 is 6.92. The fourth-order valence-corrected chi connectivity index (χ4v) is 6.09. The number of carbonyl (C=O) groups excluding carboxylic acids is 2. The topological polar surface area (TPSA) is 34.1 Å². The summed E-state index contributed by atoms with van der Waals surface area (Å²) in [6.45, 7) is 0. The van der Waals surface area contributed by atoms with E-state index < -0.39 is 15.7 Å². The minimum absolute atomic E-state index is 0.0268. The molecule has 114 valence electrons. The zero-order valence-corrected chi connectivity index (χ0v) is 15.2. The summed E-state index contributed by atoms with van der Waals surface area (Å²) in [5.74, 6) is -0.524. The summed E-state index contributed by atoms with van der Waals surface area (Å²) in [7, 11) is 0. The van der Waals surface area contributed by atoms with Crippen molar-refractivity contribution in [3.63, 3.8) is 0 Å². The Morgan fingerprint density at radius 1 is 0.826 bits per heavy atom. The summed E-state index contributed by atoms with van der Waals surface area (Å²) < 4.78 is -0.586. The molecule has 0 bridgehead atoms. The number of hydrogen-bond acceptors (Lipinski definition) is 2. The van der Waals surface area contributed by atoms with Gasteiger partial charge in [-0.2, -0.15) is 0 Å². The molecule has 0 aliphatic heterocycles. The lowest BCUT2D eigenvalue weighted by Gasteiger charge is -2.21. The first-order chi connectivity index (χ1) is 11.0. The van der Waals surface area contributed by atoms with E-state index in [0.29, 0.717) is 4.48 Å². The number of hydrogen-bond donors (Lipinski definition) is 0. The maximum absolute atomic E-state index is 12.9. The number of allylic oxidation sites excluding steroid dienone is 2. The molecule has 2 aromatic rings. The quantitative estimate of drug-likeness (QED) is 0.669. The van der Waals surface area contributed by atoms with Crippen molar-refractivity contribution in [1.29, 1.82) is 0 Å². The fraction of sp³-hybridized carbons (Fsp3) is 0.158. The third kappa shape index (κ3) is 1.74. The molecule has 2 atom stereocenters. The first-order valence-electron chi connectivity index (χ1n) is 7.30. The first kappa shape index (κ1) is 15.0. The molecule has 0 amide bonds. The molecule has 0 spiro atoms. The number of ketones is 2. The Labute approximate surface area is 150 Å². The Balaban J connectivity index is 2.02. The molecule has 2 aromatic carbocycles. The van der Waals surface area contributed by atoms with E-state index in [4.69, 9.17) is 0 Å². The number of rotatable bonds is 2. The van der Waals surface area contributed by atoms with Crippen molar-refractivity contribution in [2.45, 2.75) is 9.74 Å². The number of benzene rings is 2. The van der Waals surface area contributed by atoms with Crippen LogP contribution >= 0.6 is 31.9 Å². The van der Waals surface area contributed by atoms with Gasteiger partial charge in [0.1, 0.15) is 4.32 Å². The van der Waals surface area contributed by atoms with Gasteiger partial charge in [0.15, 0.2) is 11.6 Å². The normalized spacial score (nSPS) is 28.1. The van der Waals surface area contributed by atoms with Crippen LogP contribution in [0.3, 0.4) is 0 Å². The Kier molecular flexibility index (Phi) is 3.26. The smallest absolute Gasteiger partial charge is 0.188 e. The van der Waals surface area contributed by atoms with Crippen LogP contribution in [-0.2, 0) is 15.0 Å². The van der Waals surface area contributed by atoms with Crippen molar-refractivity contribution in [2.24, 2.45) is 5.92 Å². The predicted molar refractivity (Wildman–Crippen MR) is 95.8 cm³/mol. The van der Waals surface area contributed by atoms with Crippen LogP contribution in [0.4, 0.5) is 0 Å². The second kappa shape index (κ2) is 4.99. The lowest BCUT2D eigenvalue weighted by molar-refractivity contribution is -0.121. The van der Waals surface area contributed by atoms with E-state index in [2.05, 4.69) is 31.9 Å². The molecule has 4 heteroatoms. The molecule has 0 saturated heterocycles. The third-order valence-corrected chi connectivity index (χ3v) is 6.91. The van der Waals surface area contributed by atoms with E-state index in [1.165, 1.54) is 6.08 Å². The molecule has 4 rings (SSSR count). The zero-order chi connectivity index (χ0) is 16.2.